The Morgan fingerprint density at radius 2 is 1.76 bits per heavy atom. The number of nitrogens with one attached hydrogen (secondary N) is 2. The number of unbranched alkanes of at least 4 members (excludes halogenated alkanes) is 2. The van der Waals surface area contributed by atoms with Gasteiger partial charge in [-0.15, -0.1) is 11.3 Å². The van der Waals surface area contributed by atoms with Crippen LogP contribution in [0.1, 0.15) is 46.0 Å². The van der Waals surface area contributed by atoms with Crippen LogP contribution >= 0.6 is 11.3 Å². The van der Waals surface area contributed by atoms with E-state index in [0.717, 1.165) is 12.1 Å². The summed E-state index contributed by atoms with van der Waals surface area (Å²) in [5.74, 6) is -0.318. The third-order valence-corrected chi connectivity index (χ3v) is 6.39. The number of rotatable bonds is 11. The number of fused-ring (bicyclic) bond motifs is 1. The van der Waals surface area contributed by atoms with Crippen molar-refractivity contribution in [1.82, 2.24) is 14.5 Å². The van der Waals surface area contributed by atoms with Gasteiger partial charge in [-0.05, 0) is 49.8 Å². The van der Waals surface area contributed by atoms with Gasteiger partial charge in [-0.3, -0.25) is 23.5 Å². The van der Waals surface area contributed by atoms with Crippen LogP contribution in [-0.2, 0) is 22.7 Å². The zero-order chi connectivity index (χ0) is 23.8. The van der Waals surface area contributed by atoms with Crippen LogP contribution in [0.15, 0.2) is 51.4 Å². The smallest absolute Gasteiger partial charge is 0.332 e. The van der Waals surface area contributed by atoms with Gasteiger partial charge in [0.25, 0.3) is 5.56 Å². The Balaban J connectivity index is 1.62. The van der Waals surface area contributed by atoms with E-state index in [2.05, 4.69) is 10.6 Å². The standard InChI is InChI=1S/C24H30N4O4S/c1-3-17(2)25-21(30)16-28-19-13-15-33-22(19)23(31)27(24(28)32)14-9-5-8-12-20(29)26-18-10-6-4-7-11-18/h4,6-7,10-11,13,15,17H,3,5,8-9,12,14,16H2,1-2H3,(H,25,30)(H,26,29)/t17-/m1/s1. The highest BCUT2D eigenvalue weighted by Gasteiger charge is 2.17. The maximum Gasteiger partial charge on any atom is 0.332 e. The number of para-hydroxylation sites is 1. The molecule has 1 atom stereocenters. The molecule has 2 heterocycles. The molecule has 3 rings (SSSR count). The van der Waals surface area contributed by atoms with Gasteiger partial charge in [0.2, 0.25) is 11.8 Å². The third kappa shape index (κ3) is 6.41. The Labute approximate surface area is 196 Å². The van der Waals surface area contributed by atoms with Crippen molar-refractivity contribution >= 4 is 39.1 Å². The van der Waals surface area contributed by atoms with E-state index in [9.17, 15) is 19.2 Å². The summed E-state index contributed by atoms with van der Waals surface area (Å²) in [5, 5.41) is 7.46. The van der Waals surface area contributed by atoms with E-state index in [1.807, 2.05) is 44.2 Å². The summed E-state index contributed by atoms with van der Waals surface area (Å²) in [6.07, 6.45) is 3.10. The van der Waals surface area contributed by atoms with Crippen LogP contribution in [0.4, 0.5) is 5.69 Å². The molecule has 1 aromatic carbocycles. The Kier molecular flexibility index (Phi) is 8.59. The minimum Gasteiger partial charge on any atom is -0.352 e. The highest BCUT2D eigenvalue weighted by molar-refractivity contribution is 7.17. The fourth-order valence-electron chi connectivity index (χ4n) is 3.53. The molecule has 33 heavy (non-hydrogen) atoms. The molecule has 2 aromatic heterocycles. The molecule has 0 aliphatic heterocycles. The van der Waals surface area contributed by atoms with Gasteiger partial charge < -0.3 is 10.6 Å². The van der Waals surface area contributed by atoms with Gasteiger partial charge in [0.15, 0.2) is 0 Å². The van der Waals surface area contributed by atoms with Crippen LogP contribution in [0.3, 0.4) is 0 Å². The number of nitrogens with zero attached hydrogens (tertiary/aromatic N) is 2. The molecule has 0 bridgehead atoms. The lowest BCUT2D eigenvalue weighted by atomic mass is 10.2. The number of carbonyl (C=O) groups excluding carboxylic acids is 2. The van der Waals surface area contributed by atoms with Gasteiger partial charge in [0, 0.05) is 24.7 Å². The second kappa shape index (κ2) is 11.6. The second-order valence-electron chi connectivity index (χ2n) is 8.06. The van der Waals surface area contributed by atoms with E-state index < -0.39 is 5.69 Å². The second-order valence-corrected chi connectivity index (χ2v) is 8.98. The quantitative estimate of drug-likeness (QED) is 0.420. The van der Waals surface area contributed by atoms with Crippen molar-refractivity contribution in [2.45, 2.75) is 65.1 Å². The number of amides is 2. The van der Waals surface area contributed by atoms with Gasteiger partial charge in [-0.2, -0.15) is 0 Å². The zero-order valence-corrected chi connectivity index (χ0v) is 19.8. The minimum atomic E-state index is -0.480. The molecule has 2 N–H and O–H groups in total. The molecule has 0 aliphatic rings. The molecule has 0 saturated heterocycles. The van der Waals surface area contributed by atoms with E-state index in [1.165, 1.54) is 20.5 Å². The Morgan fingerprint density at radius 3 is 2.48 bits per heavy atom. The van der Waals surface area contributed by atoms with Crippen molar-refractivity contribution in [2.24, 2.45) is 0 Å². The Bertz CT molecular complexity index is 1210. The molecule has 0 saturated carbocycles. The van der Waals surface area contributed by atoms with Crippen molar-refractivity contribution in [2.75, 3.05) is 5.32 Å². The lowest BCUT2D eigenvalue weighted by Gasteiger charge is -2.14. The van der Waals surface area contributed by atoms with Crippen molar-refractivity contribution < 1.29 is 9.59 Å². The van der Waals surface area contributed by atoms with E-state index in [0.29, 0.717) is 35.9 Å². The van der Waals surface area contributed by atoms with Gasteiger partial charge in [-0.1, -0.05) is 31.5 Å². The molecule has 0 fully saturated rings. The highest BCUT2D eigenvalue weighted by atomic mass is 32.1. The van der Waals surface area contributed by atoms with Crippen molar-refractivity contribution in [3.8, 4) is 0 Å². The van der Waals surface area contributed by atoms with E-state index in [1.54, 1.807) is 11.4 Å². The largest absolute Gasteiger partial charge is 0.352 e. The molecule has 8 nitrogen and oxygen atoms in total. The summed E-state index contributed by atoms with van der Waals surface area (Å²) < 4.78 is 3.05. The molecule has 2 amide bonds. The molecule has 0 radical (unpaired) electrons. The van der Waals surface area contributed by atoms with Crippen LogP contribution in [0, 0.1) is 0 Å². The van der Waals surface area contributed by atoms with Crippen LogP contribution in [0.25, 0.3) is 10.2 Å². The molecule has 176 valence electrons. The van der Waals surface area contributed by atoms with Gasteiger partial charge >= 0.3 is 5.69 Å². The summed E-state index contributed by atoms with van der Waals surface area (Å²) in [7, 11) is 0. The SMILES string of the molecule is CC[C@@H](C)NC(=O)Cn1c(=O)n(CCCCCC(=O)Nc2ccccc2)c(=O)c2sccc21. The molecule has 0 unspecified atom stereocenters. The summed E-state index contributed by atoms with van der Waals surface area (Å²) in [5.41, 5.74) is 0.441. The van der Waals surface area contributed by atoms with Crippen LogP contribution in [0.2, 0.25) is 0 Å². The zero-order valence-electron chi connectivity index (χ0n) is 19.0. The summed E-state index contributed by atoms with van der Waals surface area (Å²) in [6.45, 7) is 4.00. The van der Waals surface area contributed by atoms with E-state index >= 15 is 0 Å². The summed E-state index contributed by atoms with van der Waals surface area (Å²) in [6, 6.07) is 11.0. The number of carbonyl (C=O) groups is 2. The number of aromatic nitrogens is 2. The predicted molar refractivity (Wildman–Crippen MR) is 132 cm³/mol. The number of anilines is 1. The number of hydrogen-bond acceptors (Lipinski definition) is 5. The first-order valence-corrected chi connectivity index (χ1v) is 12.1. The topological polar surface area (TPSA) is 102 Å². The fourth-order valence-corrected chi connectivity index (χ4v) is 4.37. The van der Waals surface area contributed by atoms with Crippen molar-refractivity contribution in [3.05, 3.63) is 62.6 Å². The lowest BCUT2D eigenvalue weighted by Crippen LogP contribution is -2.43. The first-order chi connectivity index (χ1) is 15.9. The molecule has 3 aromatic rings. The molecule has 0 aliphatic carbocycles. The Morgan fingerprint density at radius 1 is 1.00 bits per heavy atom. The van der Waals surface area contributed by atoms with Gasteiger partial charge in [-0.25, -0.2) is 4.79 Å². The summed E-state index contributed by atoms with van der Waals surface area (Å²) in [4.78, 5) is 50.4. The average molecular weight is 471 g/mol. The van der Waals surface area contributed by atoms with Crippen molar-refractivity contribution in [3.63, 3.8) is 0 Å². The molecule has 0 spiro atoms. The lowest BCUT2D eigenvalue weighted by molar-refractivity contribution is -0.122. The van der Waals surface area contributed by atoms with Crippen LogP contribution in [-0.4, -0.2) is 27.0 Å². The van der Waals surface area contributed by atoms with Crippen molar-refractivity contribution in [1.29, 1.82) is 0 Å². The first-order valence-electron chi connectivity index (χ1n) is 11.3. The average Bonchev–Trinajstić information content (AvgIpc) is 3.29. The third-order valence-electron chi connectivity index (χ3n) is 5.50. The predicted octanol–water partition coefficient (Wildman–Crippen LogP) is 3.34. The van der Waals surface area contributed by atoms with E-state index in [-0.39, 0.29) is 36.5 Å². The monoisotopic (exact) mass is 470 g/mol. The van der Waals surface area contributed by atoms with Gasteiger partial charge in [0.1, 0.15) is 11.2 Å². The highest BCUT2D eigenvalue weighted by Crippen LogP contribution is 2.15. The maximum absolute atomic E-state index is 13.1. The molecular formula is C24H30N4O4S. The normalized spacial score (nSPS) is 11.9. The fraction of sp³-hybridized carbons (Fsp3) is 0.417. The van der Waals surface area contributed by atoms with E-state index in [4.69, 9.17) is 0 Å². The Hall–Kier alpha value is -3.20. The maximum atomic E-state index is 13.1. The van der Waals surface area contributed by atoms with Crippen LogP contribution in [0.5, 0.6) is 0 Å². The van der Waals surface area contributed by atoms with Crippen LogP contribution < -0.4 is 21.9 Å². The number of hydrogen-bond donors (Lipinski definition) is 2. The summed E-state index contributed by atoms with van der Waals surface area (Å²) >= 11 is 1.27. The molecular weight excluding hydrogens is 440 g/mol. The minimum absolute atomic E-state index is 0.0103. The number of thiophene rings is 1. The van der Waals surface area contributed by atoms with Gasteiger partial charge in [0.05, 0.1) is 5.52 Å². The molecule has 9 heteroatoms. The number of benzene rings is 1. The first kappa shape index (κ1) is 24.4.